The van der Waals surface area contributed by atoms with Gasteiger partial charge in [-0.2, -0.15) is 0 Å². The van der Waals surface area contributed by atoms with Gasteiger partial charge in [-0.3, -0.25) is 4.79 Å². The standard InChI is InChI=1S/C74H143NO5/c1-3-5-7-9-11-13-15-17-19-21-23-25-27-29-31-32-33-34-35-36-37-38-39-40-41-42-44-46-48-50-52-54-56-58-60-62-64-66-68-72(78)74(80)75-70(69-76)73(79)71(77)67-65-63-61-59-57-55-53-51-49-47-45-43-30-28-26-24-22-20-18-16-14-12-10-8-6-4-2/h36-37,51,53,59,61,70-73,76-79H,3-35,38-50,52,54-58,60,62-69H2,1-2H3,(H,75,80)/b37-36-,53-51+,61-59+. The van der Waals surface area contributed by atoms with Gasteiger partial charge in [0.1, 0.15) is 12.2 Å². The summed E-state index contributed by atoms with van der Waals surface area (Å²) < 4.78 is 0. The number of rotatable bonds is 68. The monoisotopic (exact) mass is 1130 g/mol. The van der Waals surface area contributed by atoms with Crippen LogP contribution in [0.25, 0.3) is 0 Å². The molecule has 0 rings (SSSR count). The zero-order chi connectivity index (χ0) is 58.0. The predicted octanol–water partition coefficient (Wildman–Crippen LogP) is 22.7. The molecule has 0 fully saturated rings. The molecule has 0 spiro atoms. The van der Waals surface area contributed by atoms with Crippen molar-refractivity contribution in [1.29, 1.82) is 0 Å². The lowest BCUT2D eigenvalue weighted by Gasteiger charge is -2.27. The van der Waals surface area contributed by atoms with E-state index < -0.39 is 36.9 Å². The van der Waals surface area contributed by atoms with Gasteiger partial charge in [0.15, 0.2) is 0 Å². The maximum atomic E-state index is 12.7. The quantitative estimate of drug-likeness (QED) is 0.0308. The zero-order valence-electron chi connectivity index (χ0n) is 54.1. The molecule has 80 heavy (non-hydrogen) atoms. The minimum atomic E-state index is -1.29. The van der Waals surface area contributed by atoms with Crippen molar-refractivity contribution in [3.05, 3.63) is 36.5 Å². The Labute approximate surface area is 500 Å². The summed E-state index contributed by atoms with van der Waals surface area (Å²) in [6.45, 7) is 4.10. The van der Waals surface area contributed by atoms with Gasteiger partial charge in [-0.05, 0) is 77.0 Å². The van der Waals surface area contributed by atoms with Crippen LogP contribution in [0.3, 0.4) is 0 Å². The molecule has 6 nitrogen and oxygen atoms in total. The Hall–Kier alpha value is -1.47. The Bertz CT molecular complexity index is 1270. The summed E-state index contributed by atoms with van der Waals surface area (Å²) in [7, 11) is 0. The molecule has 0 aromatic heterocycles. The van der Waals surface area contributed by atoms with Crippen molar-refractivity contribution >= 4 is 5.91 Å². The largest absolute Gasteiger partial charge is 0.394 e. The van der Waals surface area contributed by atoms with Crippen molar-refractivity contribution in [2.24, 2.45) is 0 Å². The normalized spacial score (nSPS) is 13.6. The number of allylic oxidation sites excluding steroid dienone is 6. The summed E-state index contributed by atoms with van der Waals surface area (Å²) in [5.41, 5.74) is 0. The van der Waals surface area contributed by atoms with Gasteiger partial charge in [-0.25, -0.2) is 0 Å². The highest BCUT2D eigenvalue weighted by atomic mass is 16.3. The maximum absolute atomic E-state index is 12.7. The number of amides is 1. The minimum absolute atomic E-state index is 0.362. The predicted molar refractivity (Wildman–Crippen MR) is 353 cm³/mol. The van der Waals surface area contributed by atoms with E-state index in [4.69, 9.17) is 0 Å². The molecule has 0 aliphatic carbocycles. The molecule has 0 saturated heterocycles. The second-order valence-corrected chi connectivity index (χ2v) is 25.3. The van der Waals surface area contributed by atoms with Crippen molar-refractivity contribution in [1.82, 2.24) is 5.32 Å². The first-order valence-electron chi connectivity index (χ1n) is 36.4. The molecule has 0 aromatic rings. The van der Waals surface area contributed by atoms with Gasteiger partial charge >= 0.3 is 0 Å². The van der Waals surface area contributed by atoms with Crippen LogP contribution < -0.4 is 5.32 Å². The van der Waals surface area contributed by atoms with Gasteiger partial charge in [-0.15, -0.1) is 0 Å². The third kappa shape index (κ3) is 61.1. The summed E-state index contributed by atoms with van der Waals surface area (Å²) in [5.74, 6) is -0.591. The van der Waals surface area contributed by atoms with Gasteiger partial charge in [0, 0.05) is 0 Å². The molecule has 0 aliphatic heterocycles. The third-order valence-corrected chi connectivity index (χ3v) is 17.3. The Morgan fingerprint density at radius 1 is 0.300 bits per heavy atom. The number of nitrogens with one attached hydrogen (secondary N) is 1. The lowest BCUT2D eigenvalue weighted by molar-refractivity contribution is -0.132. The fourth-order valence-electron chi connectivity index (χ4n) is 11.7. The fraction of sp³-hybridized carbons (Fsp3) is 0.905. The van der Waals surface area contributed by atoms with Gasteiger partial charge in [0.05, 0.1) is 18.8 Å². The molecule has 0 bridgehead atoms. The Balaban J connectivity index is 3.55. The lowest BCUT2D eigenvalue weighted by atomic mass is 10.00. The van der Waals surface area contributed by atoms with E-state index in [1.807, 2.05) is 0 Å². The minimum Gasteiger partial charge on any atom is -0.394 e. The fourth-order valence-corrected chi connectivity index (χ4v) is 11.7. The number of hydrogen-bond acceptors (Lipinski definition) is 5. The molecular formula is C74H143NO5. The summed E-state index contributed by atoms with van der Waals surface area (Å²) in [6, 6.07) is -1.01. The number of carbonyl (C=O) groups is 1. The molecule has 0 aliphatic rings. The highest BCUT2D eigenvalue weighted by molar-refractivity contribution is 5.80. The van der Waals surface area contributed by atoms with Crippen molar-refractivity contribution in [2.45, 2.75) is 423 Å². The Kier molecular flexibility index (Phi) is 67.1. The van der Waals surface area contributed by atoms with Crippen LogP contribution in [0.15, 0.2) is 36.5 Å². The summed E-state index contributed by atoms with van der Waals surface area (Å²) in [4.78, 5) is 12.7. The first kappa shape index (κ1) is 78.5. The van der Waals surface area contributed by atoms with Crippen LogP contribution in [0.1, 0.15) is 399 Å². The molecular weight excluding hydrogens is 983 g/mol. The van der Waals surface area contributed by atoms with E-state index in [1.165, 1.54) is 327 Å². The molecule has 0 heterocycles. The van der Waals surface area contributed by atoms with Gasteiger partial charge in [0.2, 0.25) is 5.91 Å². The lowest BCUT2D eigenvalue weighted by Crippen LogP contribution is -2.53. The van der Waals surface area contributed by atoms with E-state index in [-0.39, 0.29) is 0 Å². The van der Waals surface area contributed by atoms with E-state index in [9.17, 15) is 25.2 Å². The molecule has 6 heteroatoms. The topological polar surface area (TPSA) is 110 Å². The molecule has 1 amide bonds. The molecule has 4 atom stereocenters. The average molecular weight is 1130 g/mol. The number of carbonyl (C=O) groups excluding carboxylic acids is 1. The summed E-state index contributed by atoms with van der Waals surface area (Å²) in [5, 5.41) is 44.2. The highest BCUT2D eigenvalue weighted by Gasteiger charge is 2.28. The van der Waals surface area contributed by atoms with Gasteiger partial charge in [0.25, 0.3) is 0 Å². The summed E-state index contributed by atoms with van der Waals surface area (Å²) in [6.07, 6.45) is 88.7. The number of hydrogen-bond donors (Lipinski definition) is 5. The van der Waals surface area contributed by atoms with E-state index in [2.05, 4.69) is 55.6 Å². The van der Waals surface area contributed by atoms with Gasteiger partial charge in [-0.1, -0.05) is 359 Å². The van der Waals surface area contributed by atoms with E-state index in [0.29, 0.717) is 19.3 Å². The van der Waals surface area contributed by atoms with Gasteiger partial charge < -0.3 is 25.7 Å². The van der Waals surface area contributed by atoms with Crippen LogP contribution in [0.5, 0.6) is 0 Å². The molecule has 5 N–H and O–H groups in total. The Morgan fingerprint density at radius 2 is 0.525 bits per heavy atom. The van der Waals surface area contributed by atoms with Crippen LogP contribution in [-0.4, -0.2) is 57.3 Å². The number of aliphatic hydroxyl groups excluding tert-OH is 4. The first-order valence-corrected chi connectivity index (χ1v) is 36.4. The summed E-state index contributed by atoms with van der Waals surface area (Å²) >= 11 is 0. The van der Waals surface area contributed by atoms with Crippen LogP contribution in [-0.2, 0) is 4.79 Å². The van der Waals surface area contributed by atoms with E-state index in [1.54, 1.807) is 0 Å². The van der Waals surface area contributed by atoms with Crippen molar-refractivity contribution in [3.8, 4) is 0 Å². The first-order chi connectivity index (χ1) is 39.5. The Morgan fingerprint density at radius 3 is 0.787 bits per heavy atom. The second kappa shape index (κ2) is 68.3. The zero-order valence-corrected chi connectivity index (χ0v) is 54.1. The second-order valence-electron chi connectivity index (χ2n) is 25.3. The average Bonchev–Trinajstić information content (AvgIpc) is 3.46. The van der Waals surface area contributed by atoms with Crippen molar-refractivity contribution in [2.75, 3.05) is 6.61 Å². The number of unbranched alkanes of at least 4 members (excludes halogenated alkanes) is 53. The molecule has 0 aromatic carbocycles. The van der Waals surface area contributed by atoms with Crippen LogP contribution in [0.4, 0.5) is 0 Å². The third-order valence-electron chi connectivity index (χ3n) is 17.3. The molecule has 4 unspecified atom stereocenters. The molecule has 474 valence electrons. The van der Waals surface area contributed by atoms with Crippen LogP contribution in [0.2, 0.25) is 0 Å². The highest BCUT2D eigenvalue weighted by Crippen LogP contribution is 2.19. The van der Waals surface area contributed by atoms with Crippen LogP contribution in [0, 0.1) is 0 Å². The molecule has 0 saturated carbocycles. The van der Waals surface area contributed by atoms with E-state index in [0.717, 1.165) is 38.5 Å². The SMILES string of the molecule is CCCCCCCCCCCCCCCCCCC/C=C/CC/C=C/CCCC(O)C(O)C(CO)NC(=O)C(O)CCCCCCCCCCCCCCCCCC/C=C\CCCCCCCCCCCCCCCCCCCC. The molecule has 0 radical (unpaired) electrons. The van der Waals surface area contributed by atoms with Crippen molar-refractivity contribution < 1.29 is 25.2 Å². The van der Waals surface area contributed by atoms with Crippen molar-refractivity contribution in [3.63, 3.8) is 0 Å². The van der Waals surface area contributed by atoms with Crippen LogP contribution >= 0.6 is 0 Å². The van der Waals surface area contributed by atoms with E-state index >= 15 is 0 Å². The maximum Gasteiger partial charge on any atom is 0.249 e. The smallest absolute Gasteiger partial charge is 0.249 e. The number of aliphatic hydroxyl groups is 4.